The lowest BCUT2D eigenvalue weighted by molar-refractivity contribution is -0.385. The van der Waals surface area contributed by atoms with Crippen molar-refractivity contribution >= 4 is 22.5 Å². The quantitative estimate of drug-likeness (QED) is 0.489. The van der Waals surface area contributed by atoms with Crippen molar-refractivity contribution in [3.63, 3.8) is 0 Å². The fourth-order valence-corrected chi connectivity index (χ4v) is 2.04. The number of hydrogen-bond donors (Lipinski definition) is 0. The third-order valence-electron chi connectivity index (χ3n) is 2.64. The fourth-order valence-electron chi connectivity index (χ4n) is 1.86. The summed E-state index contributed by atoms with van der Waals surface area (Å²) in [5.41, 5.74) is 0.521. The maximum Gasteiger partial charge on any atom is 0.322 e. The van der Waals surface area contributed by atoms with Crippen LogP contribution in [0.4, 0.5) is 5.69 Å². The molecule has 2 rings (SSSR count). The third-order valence-corrected chi connectivity index (χ3v) is 2.82. The third kappa shape index (κ3) is 2.63. The van der Waals surface area contributed by atoms with Gasteiger partial charge in [0.25, 0.3) is 5.24 Å². The van der Waals surface area contributed by atoms with Gasteiger partial charge in [0.05, 0.1) is 11.5 Å². The van der Waals surface area contributed by atoms with Crippen LogP contribution in [-0.4, -0.2) is 19.9 Å². The first-order valence-corrected chi connectivity index (χ1v) is 5.84. The predicted octanol–water partition coefficient (Wildman–Crippen LogP) is 2.53. The van der Waals surface area contributed by atoms with Crippen LogP contribution in [-0.2, 0) is 6.54 Å². The first-order chi connectivity index (χ1) is 9.00. The summed E-state index contributed by atoms with van der Waals surface area (Å²) in [6.45, 7) is 1.73. The minimum Gasteiger partial charge on any atom is -0.274 e. The van der Waals surface area contributed by atoms with Gasteiger partial charge in [-0.05, 0) is 24.1 Å². The van der Waals surface area contributed by atoms with Crippen molar-refractivity contribution in [2.45, 2.75) is 13.5 Å². The molecule has 0 bridgehead atoms. The van der Waals surface area contributed by atoms with Gasteiger partial charge < -0.3 is 0 Å². The molecule has 0 atom stereocenters. The Bertz CT molecular complexity index is 637. The number of aromatic nitrogens is 2. The highest BCUT2D eigenvalue weighted by Crippen LogP contribution is 2.25. The Balaban J connectivity index is 2.49. The topological polar surface area (TPSA) is 78.0 Å². The van der Waals surface area contributed by atoms with Crippen LogP contribution >= 0.6 is 11.6 Å². The first kappa shape index (κ1) is 13.2. The molecule has 19 heavy (non-hydrogen) atoms. The minimum atomic E-state index is -0.886. The molecule has 1 aromatic heterocycles. The van der Waals surface area contributed by atoms with Gasteiger partial charge >= 0.3 is 5.69 Å². The van der Waals surface area contributed by atoms with Crippen molar-refractivity contribution in [1.29, 1.82) is 0 Å². The van der Waals surface area contributed by atoms with E-state index in [1.165, 1.54) is 11.6 Å². The first-order valence-electron chi connectivity index (χ1n) is 5.46. The molecule has 1 aromatic carbocycles. The van der Waals surface area contributed by atoms with Crippen molar-refractivity contribution in [2.75, 3.05) is 0 Å². The summed E-state index contributed by atoms with van der Waals surface area (Å²) in [5.74, 6) is 0. The number of hydrogen-bond acceptors (Lipinski definition) is 4. The second-order valence-electron chi connectivity index (χ2n) is 3.96. The molecule has 0 unspecified atom stereocenters. The van der Waals surface area contributed by atoms with Crippen LogP contribution in [0.15, 0.2) is 30.3 Å². The van der Waals surface area contributed by atoms with Crippen molar-refractivity contribution in [2.24, 2.45) is 0 Å². The summed E-state index contributed by atoms with van der Waals surface area (Å²) in [6.07, 6.45) is 0. The number of halogens is 1. The van der Waals surface area contributed by atoms with E-state index in [-0.39, 0.29) is 23.6 Å². The molecule has 0 saturated heterocycles. The monoisotopic (exact) mass is 279 g/mol. The Morgan fingerprint density at radius 2 is 2.05 bits per heavy atom. The zero-order chi connectivity index (χ0) is 14.0. The maximum atomic E-state index is 11.4. The fraction of sp³-hybridized carbons (Fsp3) is 0.167. The normalized spacial score (nSPS) is 10.4. The number of aryl methyl sites for hydroxylation is 1. The van der Waals surface area contributed by atoms with E-state index in [1.54, 1.807) is 0 Å². The summed E-state index contributed by atoms with van der Waals surface area (Å²) in [5, 5.41) is 14.1. The van der Waals surface area contributed by atoms with E-state index in [4.69, 9.17) is 11.6 Å². The number of benzene rings is 1. The van der Waals surface area contributed by atoms with Crippen molar-refractivity contribution in [3.05, 3.63) is 57.4 Å². The van der Waals surface area contributed by atoms with Gasteiger partial charge in [0.1, 0.15) is 5.69 Å². The Kier molecular flexibility index (Phi) is 3.62. The molecule has 0 N–H and O–H groups in total. The highest BCUT2D eigenvalue weighted by Gasteiger charge is 2.29. The van der Waals surface area contributed by atoms with Gasteiger partial charge in [0, 0.05) is 0 Å². The number of nitrogens with zero attached hydrogens (tertiary/aromatic N) is 3. The van der Waals surface area contributed by atoms with E-state index in [2.05, 4.69) is 5.10 Å². The molecule has 6 nitrogen and oxygen atoms in total. The van der Waals surface area contributed by atoms with E-state index >= 15 is 0 Å². The molecule has 2 aromatic rings. The SMILES string of the molecule is Cc1nn(Cc2ccccc2)c(C(=O)Cl)c1[N+](=O)[O-]. The predicted molar refractivity (Wildman–Crippen MR) is 69.3 cm³/mol. The maximum absolute atomic E-state index is 11.4. The minimum absolute atomic E-state index is 0.171. The summed E-state index contributed by atoms with van der Waals surface area (Å²) in [6, 6.07) is 9.20. The molecule has 1 heterocycles. The van der Waals surface area contributed by atoms with Gasteiger partial charge in [-0.25, -0.2) is 4.68 Å². The Morgan fingerprint density at radius 1 is 1.42 bits per heavy atom. The Hall–Kier alpha value is -2.21. The van der Waals surface area contributed by atoms with Crippen molar-refractivity contribution in [3.8, 4) is 0 Å². The Labute approximate surface area is 113 Å². The summed E-state index contributed by atoms with van der Waals surface area (Å²) >= 11 is 5.43. The summed E-state index contributed by atoms with van der Waals surface area (Å²) in [4.78, 5) is 21.7. The van der Waals surface area contributed by atoms with Gasteiger partial charge in [-0.3, -0.25) is 14.9 Å². The molecule has 0 aliphatic heterocycles. The van der Waals surface area contributed by atoms with E-state index in [1.807, 2.05) is 30.3 Å². The molecular formula is C12H10ClN3O3. The summed E-state index contributed by atoms with van der Waals surface area (Å²) < 4.78 is 1.26. The molecule has 0 amide bonds. The molecule has 0 aliphatic rings. The van der Waals surface area contributed by atoms with Gasteiger partial charge in [0.2, 0.25) is 0 Å². The van der Waals surface area contributed by atoms with Crippen LogP contribution in [0, 0.1) is 17.0 Å². The average molecular weight is 280 g/mol. The average Bonchev–Trinajstić information content (AvgIpc) is 2.67. The highest BCUT2D eigenvalue weighted by atomic mass is 35.5. The summed E-state index contributed by atoms with van der Waals surface area (Å²) in [7, 11) is 0. The molecule has 0 spiro atoms. The second-order valence-corrected chi connectivity index (χ2v) is 4.30. The highest BCUT2D eigenvalue weighted by molar-refractivity contribution is 6.68. The van der Waals surface area contributed by atoms with E-state index in [0.717, 1.165) is 5.56 Å². The van der Waals surface area contributed by atoms with E-state index < -0.39 is 10.2 Å². The van der Waals surface area contributed by atoms with Crippen LogP contribution < -0.4 is 0 Å². The lowest BCUT2D eigenvalue weighted by Gasteiger charge is -2.03. The molecule has 0 fully saturated rings. The van der Waals surface area contributed by atoms with Crippen LogP contribution in [0.5, 0.6) is 0 Å². The standard InChI is InChI=1S/C12H10ClN3O3/c1-8-10(16(18)19)11(12(13)17)15(14-8)7-9-5-3-2-4-6-9/h2-6H,7H2,1H3. The number of nitro groups is 1. The van der Waals surface area contributed by atoms with Crippen molar-refractivity contribution in [1.82, 2.24) is 9.78 Å². The molecule has 0 saturated carbocycles. The van der Waals surface area contributed by atoms with Gasteiger partial charge in [-0.2, -0.15) is 5.10 Å². The lowest BCUT2D eigenvalue weighted by Crippen LogP contribution is -2.09. The van der Waals surface area contributed by atoms with E-state index in [9.17, 15) is 14.9 Å². The van der Waals surface area contributed by atoms with Crippen LogP contribution in [0.2, 0.25) is 0 Å². The van der Waals surface area contributed by atoms with Gasteiger partial charge in [-0.15, -0.1) is 0 Å². The van der Waals surface area contributed by atoms with Gasteiger partial charge in [-0.1, -0.05) is 30.3 Å². The second kappa shape index (κ2) is 5.19. The van der Waals surface area contributed by atoms with Gasteiger partial charge in [0.15, 0.2) is 5.69 Å². The smallest absolute Gasteiger partial charge is 0.274 e. The van der Waals surface area contributed by atoms with Crippen molar-refractivity contribution < 1.29 is 9.72 Å². The van der Waals surface area contributed by atoms with E-state index in [0.29, 0.717) is 0 Å². The number of carbonyl (C=O) groups is 1. The lowest BCUT2D eigenvalue weighted by atomic mass is 10.2. The molecule has 7 heteroatoms. The number of rotatable bonds is 4. The van der Waals surface area contributed by atoms with Crippen LogP contribution in [0.3, 0.4) is 0 Å². The zero-order valence-corrected chi connectivity index (χ0v) is 10.8. The Morgan fingerprint density at radius 3 is 2.58 bits per heavy atom. The zero-order valence-electron chi connectivity index (χ0n) is 10.0. The molecule has 0 radical (unpaired) electrons. The molecule has 0 aliphatic carbocycles. The molecular weight excluding hydrogens is 270 g/mol. The van der Waals surface area contributed by atoms with Crippen LogP contribution in [0.25, 0.3) is 0 Å². The number of carbonyl (C=O) groups excluding carboxylic acids is 1. The molecule has 98 valence electrons. The van der Waals surface area contributed by atoms with Crippen LogP contribution in [0.1, 0.15) is 21.7 Å². The largest absolute Gasteiger partial charge is 0.322 e.